The van der Waals surface area contributed by atoms with E-state index in [1.54, 1.807) is 0 Å². The van der Waals surface area contributed by atoms with Gasteiger partial charge in [-0.3, -0.25) is 0 Å². The van der Waals surface area contributed by atoms with Crippen LogP contribution in [0.1, 0.15) is 161 Å². The molecule has 3 nitrogen and oxygen atoms in total. The Hall–Kier alpha value is -5.74. The molecule has 0 bridgehead atoms. The van der Waals surface area contributed by atoms with Crippen LogP contribution >= 0.6 is 0 Å². The van der Waals surface area contributed by atoms with Crippen LogP contribution in [0, 0.1) is 6.92 Å². The average molecular weight is 905 g/mol. The van der Waals surface area contributed by atoms with Crippen LogP contribution in [0.3, 0.4) is 0 Å². The van der Waals surface area contributed by atoms with E-state index in [2.05, 4.69) is 209 Å². The van der Waals surface area contributed by atoms with Crippen LogP contribution in [0.5, 0.6) is 0 Å². The summed E-state index contributed by atoms with van der Waals surface area (Å²) in [7, 11) is 0. The Bertz CT molecular complexity index is 3560. The Morgan fingerprint density at radius 2 is 0.913 bits per heavy atom. The zero-order valence-corrected chi connectivity index (χ0v) is 43.5. The monoisotopic (exact) mass is 905 g/mol. The van der Waals surface area contributed by atoms with Crippen LogP contribution in [0.25, 0.3) is 32.5 Å². The predicted molar refractivity (Wildman–Crippen MR) is 296 cm³/mol. The third kappa shape index (κ3) is 6.05. The Labute approximate surface area is 411 Å². The number of anilines is 6. The molecule has 3 aliphatic carbocycles. The highest BCUT2D eigenvalue weighted by atomic mass is 16.3. The summed E-state index contributed by atoms with van der Waals surface area (Å²) >= 11 is 0. The minimum atomic E-state index is -0.112. The number of nitrogens with zero attached hydrogens (tertiary/aromatic N) is 2. The Balaban J connectivity index is 1.17. The van der Waals surface area contributed by atoms with E-state index in [-0.39, 0.29) is 39.2 Å². The van der Waals surface area contributed by atoms with Crippen LogP contribution in [0.2, 0.25) is 0 Å². The summed E-state index contributed by atoms with van der Waals surface area (Å²) in [5.74, 6) is 0. The molecular formula is C65H69BN2O. The molecule has 348 valence electrons. The highest BCUT2D eigenvalue weighted by Gasteiger charge is 2.50. The van der Waals surface area contributed by atoms with Crippen molar-refractivity contribution in [2.45, 2.75) is 161 Å². The first-order valence-corrected chi connectivity index (χ1v) is 26.2. The third-order valence-electron chi connectivity index (χ3n) is 18.8. The molecule has 0 N–H and O–H groups in total. The standard InChI is InChI=1S/C65H69BN2O/c1-38-30-54-57-55(31-38)68(41-21-20-40-19-18-39-16-14-15-17-43(39)44(40)32-41)58-45-34-48-51(65(12,13)29-26-62(48,6)7)37-56(45)69-59(58)66(57)52-35-49-50(64(10,11)28-27-63(49,8)9)36-53(52)67(54)42-22-23-46-47(33-42)61(4,5)25-24-60(46,2)3/h14-23,30-37H,24-29H2,1-13H3. The van der Waals surface area contributed by atoms with Crippen LogP contribution in [-0.2, 0) is 32.5 Å². The molecule has 0 fully saturated rings. The van der Waals surface area contributed by atoms with E-state index in [4.69, 9.17) is 4.42 Å². The van der Waals surface area contributed by atoms with Crippen molar-refractivity contribution in [1.82, 2.24) is 0 Å². The van der Waals surface area contributed by atoms with Gasteiger partial charge in [0.25, 0.3) is 6.71 Å². The van der Waals surface area contributed by atoms with Crippen LogP contribution in [-0.4, -0.2) is 6.71 Å². The van der Waals surface area contributed by atoms with E-state index in [0.29, 0.717) is 0 Å². The van der Waals surface area contributed by atoms with Gasteiger partial charge in [0.1, 0.15) is 5.58 Å². The van der Waals surface area contributed by atoms with Crippen molar-refractivity contribution in [3.05, 3.63) is 148 Å². The lowest BCUT2D eigenvalue weighted by molar-refractivity contribution is 0.332. The molecule has 2 aliphatic heterocycles. The van der Waals surface area contributed by atoms with Gasteiger partial charge in [-0.1, -0.05) is 138 Å². The first-order chi connectivity index (χ1) is 32.5. The summed E-state index contributed by atoms with van der Waals surface area (Å²) in [4.78, 5) is 5.29. The molecule has 69 heavy (non-hydrogen) atoms. The summed E-state index contributed by atoms with van der Waals surface area (Å²) in [5, 5.41) is 6.28. The van der Waals surface area contributed by atoms with E-state index in [1.807, 2.05) is 0 Å². The maximum absolute atomic E-state index is 7.71. The minimum absolute atomic E-state index is 0.0318. The minimum Gasteiger partial charge on any atom is -0.468 e. The number of furan rings is 1. The Morgan fingerprint density at radius 3 is 1.57 bits per heavy atom. The first-order valence-electron chi connectivity index (χ1n) is 26.2. The number of benzene rings is 7. The second kappa shape index (κ2) is 13.8. The molecule has 4 heteroatoms. The van der Waals surface area contributed by atoms with Crippen molar-refractivity contribution in [3.63, 3.8) is 0 Å². The van der Waals surface area contributed by atoms with Crippen LogP contribution in [0.15, 0.2) is 114 Å². The maximum atomic E-state index is 7.71. The van der Waals surface area contributed by atoms with Gasteiger partial charge in [0.05, 0.1) is 11.3 Å². The van der Waals surface area contributed by atoms with Gasteiger partial charge in [-0.2, -0.15) is 0 Å². The number of aryl methyl sites for hydroxylation is 1. The average Bonchev–Trinajstić information content (AvgIpc) is 3.68. The number of fused-ring (bicyclic) bond motifs is 12. The molecular weight excluding hydrogens is 836 g/mol. The second-order valence-electron chi connectivity index (χ2n) is 26.2. The zero-order valence-electron chi connectivity index (χ0n) is 43.5. The smallest absolute Gasteiger partial charge is 0.297 e. The molecule has 0 unspecified atom stereocenters. The Morgan fingerprint density at radius 1 is 0.420 bits per heavy atom. The van der Waals surface area contributed by atoms with Gasteiger partial charge in [-0.15, -0.1) is 0 Å². The number of hydrogen-bond acceptors (Lipinski definition) is 3. The van der Waals surface area contributed by atoms with E-state index in [1.165, 1.54) is 118 Å². The van der Waals surface area contributed by atoms with Crippen molar-refractivity contribution in [2.24, 2.45) is 0 Å². The summed E-state index contributed by atoms with van der Waals surface area (Å²) < 4.78 is 7.71. The van der Waals surface area contributed by atoms with Crippen LogP contribution in [0.4, 0.5) is 34.1 Å². The van der Waals surface area contributed by atoms with E-state index < -0.39 is 0 Å². The molecule has 7 aromatic carbocycles. The fraction of sp³-hybridized carbons (Fsp3) is 0.385. The van der Waals surface area contributed by atoms with Crippen molar-refractivity contribution in [2.75, 3.05) is 9.80 Å². The van der Waals surface area contributed by atoms with Gasteiger partial charge < -0.3 is 14.2 Å². The van der Waals surface area contributed by atoms with Crippen molar-refractivity contribution in [1.29, 1.82) is 0 Å². The summed E-state index contributed by atoms with van der Waals surface area (Å²) in [6, 6.07) is 43.4. The summed E-state index contributed by atoms with van der Waals surface area (Å²) in [5.41, 5.74) is 22.6. The maximum Gasteiger partial charge on any atom is 0.297 e. The van der Waals surface area contributed by atoms with Gasteiger partial charge in [0.15, 0.2) is 0 Å². The normalized spacial score (nSPS) is 20.5. The summed E-state index contributed by atoms with van der Waals surface area (Å²) in [6.45, 7) is 31.7. The van der Waals surface area contributed by atoms with Crippen LogP contribution < -0.4 is 26.4 Å². The van der Waals surface area contributed by atoms with Gasteiger partial charge in [-0.05, 0) is 204 Å². The first kappa shape index (κ1) is 43.3. The highest BCUT2D eigenvalue weighted by Crippen LogP contribution is 2.55. The van der Waals surface area contributed by atoms with E-state index in [0.717, 1.165) is 42.6 Å². The van der Waals surface area contributed by atoms with E-state index in [9.17, 15) is 0 Å². The molecule has 0 atom stereocenters. The molecule has 13 rings (SSSR count). The molecule has 3 heterocycles. The topological polar surface area (TPSA) is 19.6 Å². The zero-order chi connectivity index (χ0) is 48.1. The predicted octanol–water partition coefficient (Wildman–Crippen LogP) is 16.2. The molecule has 8 aromatic rings. The molecule has 0 amide bonds. The second-order valence-corrected chi connectivity index (χ2v) is 26.2. The molecule has 1 aromatic heterocycles. The van der Waals surface area contributed by atoms with Gasteiger partial charge in [0.2, 0.25) is 0 Å². The van der Waals surface area contributed by atoms with Crippen molar-refractivity contribution < 1.29 is 4.42 Å². The fourth-order valence-corrected chi connectivity index (χ4v) is 14.1. The highest BCUT2D eigenvalue weighted by molar-refractivity contribution is 7.00. The van der Waals surface area contributed by atoms with Crippen molar-refractivity contribution >= 4 is 89.9 Å². The van der Waals surface area contributed by atoms with Gasteiger partial charge in [0, 0.05) is 33.8 Å². The molecule has 0 radical (unpaired) electrons. The summed E-state index contributed by atoms with van der Waals surface area (Å²) in [6.07, 6.45) is 7.01. The quantitative estimate of drug-likeness (QED) is 0.127. The van der Waals surface area contributed by atoms with Gasteiger partial charge in [-0.25, -0.2) is 0 Å². The van der Waals surface area contributed by atoms with E-state index >= 15 is 0 Å². The van der Waals surface area contributed by atoms with Crippen molar-refractivity contribution in [3.8, 4) is 0 Å². The third-order valence-corrected chi connectivity index (χ3v) is 18.8. The molecule has 0 saturated carbocycles. The molecule has 5 aliphatic rings. The molecule has 0 saturated heterocycles. The lowest BCUT2D eigenvalue weighted by atomic mass is 9.35. The number of rotatable bonds is 2. The number of hydrogen-bond donors (Lipinski definition) is 0. The largest absolute Gasteiger partial charge is 0.468 e. The SMILES string of the molecule is Cc1cc2c3c(c1)N(c1ccc4ccc5ccccc5c4c1)c1c(oc4cc5c(cc14)C(C)(C)CCC5(C)C)B3c1cc3c(cc1N2c1ccc2c(c1)C(C)(C)CCC2(C)C)C(C)(C)CCC3(C)C. The lowest BCUT2D eigenvalue weighted by Gasteiger charge is -2.47. The Kier molecular flexibility index (Phi) is 8.64. The lowest BCUT2D eigenvalue weighted by Crippen LogP contribution is -2.61. The fourth-order valence-electron chi connectivity index (χ4n) is 14.1. The molecule has 0 spiro atoms. The van der Waals surface area contributed by atoms with Gasteiger partial charge >= 0.3 is 0 Å².